The summed E-state index contributed by atoms with van der Waals surface area (Å²) in [4.78, 5) is 6.48. The second-order valence-corrected chi connectivity index (χ2v) is 7.17. The monoisotopic (exact) mass is 391 g/mol. The summed E-state index contributed by atoms with van der Waals surface area (Å²) in [6.45, 7) is 3.94. The maximum absolute atomic E-state index is 13.6. The van der Waals surface area contributed by atoms with Crippen LogP contribution in [0.4, 0.5) is 10.1 Å². The Morgan fingerprint density at radius 1 is 1.17 bits per heavy atom. The molecule has 2 heterocycles. The number of anilines is 1. The van der Waals surface area contributed by atoms with Crippen LogP contribution in [0.3, 0.4) is 0 Å². The van der Waals surface area contributed by atoms with Crippen LogP contribution in [0.5, 0.6) is 11.6 Å². The average molecular weight is 391 g/mol. The molecule has 0 amide bonds. The fraction of sp³-hybridized carbons (Fsp3) is 0.217. The van der Waals surface area contributed by atoms with Gasteiger partial charge in [-0.15, -0.1) is 0 Å². The normalized spacial score (nSPS) is 16.4. The fourth-order valence-electron chi connectivity index (χ4n) is 3.67. The number of hydrogen-bond acceptors (Lipinski definition) is 4. The summed E-state index contributed by atoms with van der Waals surface area (Å²) in [6.07, 6.45) is 1.89. The predicted octanol–water partition coefficient (Wildman–Crippen LogP) is 5.30. The molecule has 1 aliphatic rings. The van der Waals surface area contributed by atoms with E-state index in [4.69, 9.17) is 4.74 Å². The van der Waals surface area contributed by atoms with Crippen LogP contribution in [-0.4, -0.2) is 22.1 Å². The number of benzene rings is 2. The number of pyridine rings is 1. The van der Waals surface area contributed by atoms with E-state index in [1.165, 1.54) is 17.7 Å². The molecule has 1 unspecified atom stereocenters. The van der Waals surface area contributed by atoms with Crippen molar-refractivity contribution in [1.82, 2.24) is 4.98 Å². The highest BCUT2D eigenvalue weighted by Gasteiger charge is 2.30. The molecule has 0 radical (unpaired) electrons. The Bertz CT molecular complexity index is 1070. The van der Waals surface area contributed by atoms with E-state index in [0.29, 0.717) is 17.1 Å². The van der Waals surface area contributed by atoms with Crippen LogP contribution in [-0.2, 0) is 6.42 Å². The molecule has 148 valence electrons. The Balaban J connectivity index is 1.79. The van der Waals surface area contributed by atoms with E-state index >= 15 is 0 Å². The summed E-state index contributed by atoms with van der Waals surface area (Å²) in [6, 6.07) is 17.7. The highest BCUT2D eigenvalue weighted by Crippen LogP contribution is 2.34. The zero-order valence-electron chi connectivity index (χ0n) is 16.3. The van der Waals surface area contributed by atoms with Crippen molar-refractivity contribution in [3.05, 3.63) is 83.3 Å². The van der Waals surface area contributed by atoms with Crippen LogP contribution in [0.2, 0.25) is 0 Å². The summed E-state index contributed by atoms with van der Waals surface area (Å²) in [5.41, 5.74) is 3.46. The Hall–Kier alpha value is -3.41. The highest BCUT2D eigenvalue weighted by molar-refractivity contribution is 6.12. The molecule has 0 spiro atoms. The molecule has 1 aromatic heterocycles. The van der Waals surface area contributed by atoms with Gasteiger partial charge in [0.25, 0.3) is 0 Å². The summed E-state index contributed by atoms with van der Waals surface area (Å²) in [5, 5.41) is 13.6. The van der Waals surface area contributed by atoms with Crippen LogP contribution in [0.1, 0.15) is 30.2 Å². The average Bonchev–Trinajstić information content (AvgIpc) is 2.71. The van der Waals surface area contributed by atoms with E-state index < -0.39 is 5.82 Å². The number of para-hydroxylation sites is 1. The number of rotatable bonds is 3. The first-order chi connectivity index (χ1) is 14.1. The first-order valence-electron chi connectivity index (χ1n) is 9.57. The van der Waals surface area contributed by atoms with Gasteiger partial charge in [-0.05, 0) is 62.6 Å². The molecule has 1 aliphatic heterocycles. The lowest BCUT2D eigenvalue weighted by atomic mass is 9.95. The van der Waals surface area contributed by atoms with Gasteiger partial charge >= 0.3 is 0 Å². The van der Waals surface area contributed by atoms with Crippen molar-refractivity contribution in [2.24, 2.45) is 5.16 Å². The Kier molecular flexibility index (Phi) is 5.16. The molecule has 0 saturated carbocycles. The van der Waals surface area contributed by atoms with Crippen LogP contribution in [0.15, 0.2) is 65.8 Å². The van der Waals surface area contributed by atoms with Crippen molar-refractivity contribution in [2.75, 3.05) is 4.90 Å². The standard InChI is InChI=1S/C23H22FN3O2/c1-15-10-13-20(23(25-15)29-19-8-5-7-18(24)14-19)22(26-28)27-16(2)11-12-17-6-3-4-9-21(17)27/h3-10,13-14,16,28H,11-12H2,1-2H3/b26-22-. The van der Waals surface area contributed by atoms with Crippen molar-refractivity contribution < 1.29 is 14.3 Å². The fourth-order valence-corrected chi connectivity index (χ4v) is 3.67. The highest BCUT2D eigenvalue weighted by atomic mass is 19.1. The number of oxime groups is 1. The SMILES string of the molecule is Cc1ccc(/C(=N/O)N2c3ccccc3CCC2C)c(Oc2cccc(F)c2)n1. The Labute approximate surface area is 169 Å². The molecular weight excluding hydrogens is 369 g/mol. The lowest BCUT2D eigenvalue weighted by molar-refractivity contribution is 0.317. The van der Waals surface area contributed by atoms with Gasteiger partial charge in [-0.25, -0.2) is 9.37 Å². The molecule has 6 heteroatoms. The van der Waals surface area contributed by atoms with E-state index in [1.54, 1.807) is 12.1 Å². The number of aromatic nitrogens is 1. The topological polar surface area (TPSA) is 58.0 Å². The number of amidine groups is 1. The van der Waals surface area contributed by atoms with Gasteiger partial charge in [0, 0.05) is 23.5 Å². The molecule has 4 rings (SSSR count). The molecule has 29 heavy (non-hydrogen) atoms. The van der Waals surface area contributed by atoms with Crippen molar-refractivity contribution in [3.63, 3.8) is 0 Å². The Morgan fingerprint density at radius 3 is 2.79 bits per heavy atom. The number of ether oxygens (including phenoxy) is 1. The van der Waals surface area contributed by atoms with E-state index in [9.17, 15) is 9.60 Å². The number of halogens is 1. The molecule has 5 nitrogen and oxygen atoms in total. The van der Waals surface area contributed by atoms with Gasteiger partial charge in [0.15, 0.2) is 5.84 Å². The third-order valence-electron chi connectivity index (χ3n) is 5.10. The number of nitrogens with zero attached hydrogens (tertiary/aromatic N) is 3. The third kappa shape index (κ3) is 3.78. The van der Waals surface area contributed by atoms with Gasteiger partial charge in [-0.1, -0.05) is 29.4 Å². The second kappa shape index (κ2) is 7.91. The lowest BCUT2D eigenvalue weighted by Gasteiger charge is -2.37. The molecule has 3 aromatic rings. The minimum Gasteiger partial charge on any atom is -0.438 e. The van der Waals surface area contributed by atoms with Crippen LogP contribution < -0.4 is 9.64 Å². The van der Waals surface area contributed by atoms with E-state index in [2.05, 4.69) is 23.1 Å². The van der Waals surface area contributed by atoms with Gasteiger partial charge in [-0.3, -0.25) is 0 Å². The summed E-state index contributed by atoms with van der Waals surface area (Å²) >= 11 is 0. The maximum atomic E-state index is 13.6. The van der Waals surface area contributed by atoms with Crippen molar-refractivity contribution in [1.29, 1.82) is 0 Å². The molecule has 0 fully saturated rings. The Morgan fingerprint density at radius 2 is 2.00 bits per heavy atom. The predicted molar refractivity (Wildman–Crippen MR) is 110 cm³/mol. The van der Waals surface area contributed by atoms with Gasteiger partial charge in [0.05, 0.1) is 5.56 Å². The summed E-state index contributed by atoms with van der Waals surface area (Å²) in [5.74, 6) is 0.544. The quantitative estimate of drug-likeness (QED) is 0.285. The van der Waals surface area contributed by atoms with Crippen LogP contribution in [0.25, 0.3) is 0 Å². The van der Waals surface area contributed by atoms with Gasteiger partial charge < -0.3 is 14.8 Å². The minimum absolute atomic E-state index is 0.124. The summed E-state index contributed by atoms with van der Waals surface area (Å²) in [7, 11) is 0. The van der Waals surface area contributed by atoms with Crippen LogP contribution >= 0.6 is 0 Å². The second-order valence-electron chi connectivity index (χ2n) is 7.17. The lowest BCUT2D eigenvalue weighted by Crippen LogP contribution is -2.42. The van der Waals surface area contributed by atoms with Crippen molar-refractivity contribution >= 4 is 11.5 Å². The molecule has 1 N–H and O–H groups in total. The van der Waals surface area contributed by atoms with Gasteiger partial charge in [0.2, 0.25) is 5.88 Å². The molecule has 0 saturated heterocycles. The van der Waals surface area contributed by atoms with E-state index in [-0.39, 0.29) is 11.9 Å². The van der Waals surface area contributed by atoms with Gasteiger partial charge in [0.1, 0.15) is 11.6 Å². The number of hydrogen-bond donors (Lipinski definition) is 1. The minimum atomic E-state index is -0.397. The zero-order valence-corrected chi connectivity index (χ0v) is 16.3. The van der Waals surface area contributed by atoms with Crippen LogP contribution in [0, 0.1) is 12.7 Å². The first kappa shape index (κ1) is 18.9. The smallest absolute Gasteiger partial charge is 0.230 e. The van der Waals surface area contributed by atoms with E-state index in [0.717, 1.165) is 24.2 Å². The number of fused-ring (bicyclic) bond motifs is 1. The first-order valence-corrected chi connectivity index (χ1v) is 9.57. The van der Waals surface area contributed by atoms with Gasteiger partial charge in [-0.2, -0.15) is 0 Å². The molecule has 2 aromatic carbocycles. The summed E-state index contributed by atoms with van der Waals surface area (Å²) < 4.78 is 19.5. The molecule has 1 atom stereocenters. The maximum Gasteiger partial charge on any atom is 0.230 e. The molecule has 0 aliphatic carbocycles. The van der Waals surface area contributed by atoms with Crippen molar-refractivity contribution in [3.8, 4) is 11.6 Å². The number of aryl methyl sites for hydroxylation is 2. The van der Waals surface area contributed by atoms with Crippen molar-refractivity contribution in [2.45, 2.75) is 32.7 Å². The molecule has 0 bridgehead atoms. The molecular formula is C23H22FN3O2. The van der Waals surface area contributed by atoms with E-state index in [1.807, 2.05) is 42.2 Å². The largest absolute Gasteiger partial charge is 0.438 e. The third-order valence-corrected chi connectivity index (χ3v) is 5.10. The zero-order chi connectivity index (χ0) is 20.4.